The Morgan fingerprint density at radius 1 is 1.19 bits per heavy atom. The molecular formula is C18H17BrN2O4S. The topological polar surface area (TPSA) is 87.7 Å². The van der Waals surface area contributed by atoms with Gasteiger partial charge in [0.2, 0.25) is 0 Å². The van der Waals surface area contributed by atoms with Gasteiger partial charge >= 0.3 is 5.97 Å². The number of carboxylic acid groups (broad SMARTS) is 1. The maximum absolute atomic E-state index is 12.3. The van der Waals surface area contributed by atoms with E-state index in [-0.39, 0.29) is 10.7 Å². The molecule has 0 aliphatic rings. The third-order valence-electron chi connectivity index (χ3n) is 3.26. The first-order chi connectivity index (χ1) is 12.4. The number of nitrogens with one attached hydrogen (secondary N) is 2. The first-order valence-electron chi connectivity index (χ1n) is 7.78. The summed E-state index contributed by atoms with van der Waals surface area (Å²) in [5.41, 5.74) is 0.946. The largest absolute Gasteiger partial charge is 0.494 e. The summed E-state index contributed by atoms with van der Waals surface area (Å²) in [6, 6.07) is 11.3. The first kappa shape index (κ1) is 19.9. The van der Waals surface area contributed by atoms with Crippen LogP contribution in [0.25, 0.3) is 0 Å². The van der Waals surface area contributed by atoms with Crippen molar-refractivity contribution in [1.82, 2.24) is 5.32 Å². The Balaban J connectivity index is 2.05. The van der Waals surface area contributed by atoms with Crippen LogP contribution in [0.3, 0.4) is 0 Å². The lowest BCUT2D eigenvalue weighted by Crippen LogP contribution is -2.34. The molecule has 0 fully saturated rings. The van der Waals surface area contributed by atoms with Crippen molar-refractivity contribution in [3.05, 3.63) is 58.1 Å². The first-order valence-corrected chi connectivity index (χ1v) is 8.99. The van der Waals surface area contributed by atoms with Gasteiger partial charge in [-0.15, -0.1) is 0 Å². The number of anilines is 1. The molecule has 2 aromatic rings. The lowest BCUT2D eigenvalue weighted by atomic mass is 10.2. The second kappa shape index (κ2) is 9.30. The number of thiocarbonyl (C=S) groups is 1. The third kappa shape index (κ3) is 5.53. The van der Waals surface area contributed by atoms with Crippen molar-refractivity contribution in [2.75, 3.05) is 11.9 Å². The summed E-state index contributed by atoms with van der Waals surface area (Å²) in [6.07, 6.45) is 0.870. The predicted molar refractivity (Wildman–Crippen MR) is 107 cm³/mol. The van der Waals surface area contributed by atoms with Crippen LogP contribution in [0.15, 0.2) is 46.9 Å². The Morgan fingerprint density at radius 3 is 2.65 bits per heavy atom. The predicted octanol–water partition coefficient (Wildman–Crippen LogP) is 4.06. The molecule has 26 heavy (non-hydrogen) atoms. The van der Waals surface area contributed by atoms with Crippen molar-refractivity contribution < 1.29 is 19.4 Å². The molecule has 6 nitrogen and oxygen atoms in total. The third-order valence-corrected chi connectivity index (χ3v) is 4.15. The summed E-state index contributed by atoms with van der Waals surface area (Å²) in [5, 5.41) is 14.5. The van der Waals surface area contributed by atoms with Gasteiger partial charge in [0, 0.05) is 10.0 Å². The molecule has 0 heterocycles. The smallest absolute Gasteiger partial charge is 0.335 e. The van der Waals surface area contributed by atoms with Crippen molar-refractivity contribution in [3.63, 3.8) is 0 Å². The summed E-state index contributed by atoms with van der Waals surface area (Å²) in [6.45, 7) is 2.57. The Hall–Kier alpha value is -2.45. The van der Waals surface area contributed by atoms with Crippen LogP contribution in [0.4, 0.5) is 5.69 Å². The number of carbonyl (C=O) groups is 2. The Labute approximate surface area is 164 Å². The summed E-state index contributed by atoms with van der Waals surface area (Å²) < 4.78 is 6.13. The van der Waals surface area contributed by atoms with Gasteiger partial charge in [-0.05, 0) is 71.0 Å². The average molecular weight is 437 g/mol. The SMILES string of the molecule is CCCOc1cccc(C(=O)NC(=S)Nc2cc(C(=O)O)ccc2Br)c1. The molecule has 0 saturated carbocycles. The molecule has 0 spiro atoms. The molecular weight excluding hydrogens is 420 g/mol. The van der Waals surface area contributed by atoms with E-state index in [4.69, 9.17) is 22.1 Å². The van der Waals surface area contributed by atoms with Crippen LogP contribution in [0.2, 0.25) is 0 Å². The molecule has 2 aromatic carbocycles. The Bertz CT molecular complexity index is 842. The molecule has 0 aliphatic carbocycles. The summed E-state index contributed by atoms with van der Waals surface area (Å²) in [7, 11) is 0. The number of aromatic carboxylic acids is 1. The molecule has 3 N–H and O–H groups in total. The molecule has 0 unspecified atom stereocenters. The van der Waals surface area contributed by atoms with E-state index in [9.17, 15) is 9.59 Å². The minimum atomic E-state index is -1.06. The number of hydrogen-bond acceptors (Lipinski definition) is 4. The normalized spacial score (nSPS) is 10.1. The Morgan fingerprint density at radius 2 is 1.96 bits per heavy atom. The van der Waals surface area contributed by atoms with E-state index < -0.39 is 11.9 Å². The van der Waals surface area contributed by atoms with Crippen LogP contribution >= 0.6 is 28.1 Å². The van der Waals surface area contributed by atoms with Crippen LogP contribution in [-0.2, 0) is 0 Å². The molecule has 1 amide bonds. The number of carboxylic acids is 1. The number of benzene rings is 2. The lowest BCUT2D eigenvalue weighted by molar-refractivity contribution is 0.0696. The standard InChI is InChI=1S/C18H17BrN2O4S/c1-2-8-25-13-5-3-4-11(9-13)16(22)21-18(26)20-15-10-12(17(23)24)6-7-14(15)19/h3-7,9-10H,2,8H2,1H3,(H,23,24)(H2,20,21,22,26). The minimum absolute atomic E-state index is 0.0538. The summed E-state index contributed by atoms with van der Waals surface area (Å²) in [4.78, 5) is 23.4. The summed E-state index contributed by atoms with van der Waals surface area (Å²) in [5.74, 6) is -0.843. The van der Waals surface area contributed by atoms with Crippen LogP contribution in [-0.4, -0.2) is 28.7 Å². The molecule has 0 saturated heterocycles. The summed E-state index contributed by atoms with van der Waals surface area (Å²) >= 11 is 8.45. The van der Waals surface area contributed by atoms with E-state index in [1.54, 1.807) is 30.3 Å². The van der Waals surface area contributed by atoms with Gasteiger partial charge < -0.3 is 15.2 Å². The molecule has 8 heteroatoms. The van der Waals surface area contributed by atoms with E-state index in [0.717, 1.165) is 6.42 Å². The number of amides is 1. The number of rotatable bonds is 6. The fourth-order valence-electron chi connectivity index (χ4n) is 2.03. The van der Waals surface area contributed by atoms with Gasteiger partial charge in [-0.1, -0.05) is 13.0 Å². The van der Waals surface area contributed by atoms with Crippen molar-refractivity contribution in [2.45, 2.75) is 13.3 Å². The van der Waals surface area contributed by atoms with E-state index in [0.29, 0.717) is 28.1 Å². The highest BCUT2D eigenvalue weighted by Crippen LogP contribution is 2.23. The highest BCUT2D eigenvalue weighted by Gasteiger charge is 2.12. The molecule has 0 aliphatic heterocycles. The van der Waals surface area contributed by atoms with Gasteiger partial charge in [-0.2, -0.15) is 0 Å². The molecule has 2 rings (SSSR count). The second-order valence-corrected chi connectivity index (χ2v) is 6.55. The van der Waals surface area contributed by atoms with Crippen molar-refractivity contribution in [1.29, 1.82) is 0 Å². The maximum atomic E-state index is 12.3. The molecule has 0 aromatic heterocycles. The quantitative estimate of drug-likeness (QED) is 0.591. The van der Waals surface area contributed by atoms with E-state index in [1.807, 2.05) is 6.92 Å². The van der Waals surface area contributed by atoms with Crippen LogP contribution in [0, 0.1) is 0 Å². The average Bonchev–Trinajstić information content (AvgIpc) is 2.61. The van der Waals surface area contributed by atoms with Gasteiger partial charge in [0.1, 0.15) is 5.75 Å². The van der Waals surface area contributed by atoms with E-state index >= 15 is 0 Å². The van der Waals surface area contributed by atoms with Gasteiger partial charge in [0.15, 0.2) is 5.11 Å². The number of ether oxygens (including phenoxy) is 1. The highest BCUT2D eigenvalue weighted by atomic mass is 79.9. The van der Waals surface area contributed by atoms with Crippen LogP contribution < -0.4 is 15.4 Å². The molecule has 0 bridgehead atoms. The fraction of sp³-hybridized carbons (Fsp3) is 0.167. The maximum Gasteiger partial charge on any atom is 0.335 e. The van der Waals surface area contributed by atoms with Gasteiger partial charge in [-0.3, -0.25) is 10.1 Å². The second-order valence-electron chi connectivity index (χ2n) is 5.28. The molecule has 0 radical (unpaired) electrons. The van der Waals surface area contributed by atoms with Gasteiger partial charge in [0.25, 0.3) is 5.91 Å². The number of halogens is 1. The van der Waals surface area contributed by atoms with Gasteiger partial charge in [0.05, 0.1) is 17.9 Å². The molecule has 0 atom stereocenters. The van der Waals surface area contributed by atoms with Crippen molar-refractivity contribution >= 4 is 50.8 Å². The van der Waals surface area contributed by atoms with Crippen LogP contribution in [0.1, 0.15) is 34.1 Å². The highest BCUT2D eigenvalue weighted by molar-refractivity contribution is 9.10. The zero-order valence-electron chi connectivity index (χ0n) is 13.9. The Kier molecular flexibility index (Phi) is 7.11. The van der Waals surface area contributed by atoms with E-state index in [1.165, 1.54) is 12.1 Å². The van der Waals surface area contributed by atoms with Crippen molar-refractivity contribution in [3.8, 4) is 5.75 Å². The lowest BCUT2D eigenvalue weighted by Gasteiger charge is -2.12. The van der Waals surface area contributed by atoms with Gasteiger partial charge in [-0.25, -0.2) is 4.79 Å². The zero-order valence-corrected chi connectivity index (χ0v) is 16.3. The number of carbonyl (C=O) groups excluding carboxylic acids is 1. The zero-order chi connectivity index (χ0) is 19.1. The van der Waals surface area contributed by atoms with E-state index in [2.05, 4.69) is 26.6 Å². The minimum Gasteiger partial charge on any atom is -0.494 e. The van der Waals surface area contributed by atoms with Crippen LogP contribution in [0.5, 0.6) is 5.75 Å². The monoisotopic (exact) mass is 436 g/mol. The number of hydrogen-bond donors (Lipinski definition) is 3. The van der Waals surface area contributed by atoms with Crippen molar-refractivity contribution in [2.24, 2.45) is 0 Å². The fourth-order valence-corrected chi connectivity index (χ4v) is 2.58. The molecule has 136 valence electrons.